The van der Waals surface area contributed by atoms with Crippen LogP contribution in [-0.4, -0.2) is 6.26 Å². The number of fused-ring (bicyclic) bond motifs is 1. The first kappa shape index (κ1) is 8.84. The Labute approximate surface area is 83.7 Å². The molecule has 1 heterocycles. The number of hydrogen-bond donors (Lipinski definition) is 1. The molecular formula is C9H8FNS2. The van der Waals surface area contributed by atoms with E-state index in [9.17, 15) is 4.39 Å². The third-order valence-corrected chi connectivity index (χ3v) is 3.49. The standard InChI is InChI=1S/C9H8FNS2/c1-12-8-4-7-5(2-6(8)10)3-9(11)13-7/h2-4H,11H2,1H3. The molecule has 13 heavy (non-hydrogen) atoms. The van der Waals surface area contributed by atoms with Crippen LogP contribution in [0.5, 0.6) is 0 Å². The maximum atomic E-state index is 13.3. The van der Waals surface area contributed by atoms with Crippen LogP contribution in [0.4, 0.5) is 9.39 Å². The lowest BCUT2D eigenvalue weighted by atomic mass is 10.2. The summed E-state index contributed by atoms with van der Waals surface area (Å²) in [6, 6.07) is 5.18. The molecule has 0 atom stereocenters. The summed E-state index contributed by atoms with van der Waals surface area (Å²) in [4.78, 5) is 0.675. The largest absolute Gasteiger partial charge is 0.391 e. The minimum Gasteiger partial charge on any atom is -0.391 e. The molecule has 0 fully saturated rings. The number of hydrogen-bond acceptors (Lipinski definition) is 3. The maximum Gasteiger partial charge on any atom is 0.137 e. The zero-order valence-electron chi connectivity index (χ0n) is 7.00. The Morgan fingerprint density at radius 1 is 1.38 bits per heavy atom. The molecule has 0 aliphatic heterocycles. The third kappa shape index (κ3) is 1.51. The van der Waals surface area contributed by atoms with Crippen molar-refractivity contribution in [1.29, 1.82) is 0 Å². The Bertz CT molecular complexity index is 450. The Morgan fingerprint density at radius 2 is 2.15 bits per heavy atom. The highest BCUT2D eigenvalue weighted by Crippen LogP contribution is 2.32. The van der Waals surface area contributed by atoms with Crippen molar-refractivity contribution >= 4 is 38.2 Å². The molecule has 0 aliphatic rings. The number of benzene rings is 1. The molecule has 0 spiro atoms. The molecule has 1 nitrogen and oxygen atoms in total. The van der Waals surface area contributed by atoms with Crippen molar-refractivity contribution in [3.63, 3.8) is 0 Å². The van der Waals surface area contributed by atoms with Gasteiger partial charge in [-0.05, 0) is 29.8 Å². The lowest BCUT2D eigenvalue weighted by Crippen LogP contribution is -1.78. The van der Waals surface area contributed by atoms with Crippen LogP contribution in [0.1, 0.15) is 0 Å². The summed E-state index contributed by atoms with van der Waals surface area (Å²) in [6.07, 6.45) is 1.86. The van der Waals surface area contributed by atoms with Crippen molar-refractivity contribution in [1.82, 2.24) is 0 Å². The number of thioether (sulfide) groups is 1. The van der Waals surface area contributed by atoms with Crippen LogP contribution in [0.15, 0.2) is 23.1 Å². The predicted molar refractivity (Wildman–Crippen MR) is 58.0 cm³/mol. The molecule has 0 saturated heterocycles. The first-order chi connectivity index (χ1) is 6.20. The van der Waals surface area contributed by atoms with E-state index < -0.39 is 0 Å². The van der Waals surface area contributed by atoms with E-state index in [0.717, 1.165) is 15.1 Å². The fourth-order valence-electron chi connectivity index (χ4n) is 1.22. The van der Waals surface area contributed by atoms with Crippen LogP contribution in [0.25, 0.3) is 10.1 Å². The molecule has 2 rings (SSSR count). The van der Waals surface area contributed by atoms with Gasteiger partial charge >= 0.3 is 0 Å². The van der Waals surface area contributed by atoms with Crippen molar-refractivity contribution in [2.45, 2.75) is 4.90 Å². The Kier molecular flexibility index (Phi) is 2.17. The lowest BCUT2D eigenvalue weighted by molar-refractivity contribution is 0.604. The van der Waals surface area contributed by atoms with Gasteiger partial charge in [-0.1, -0.05) is 0 Å². The van der Waals surface area contributed by atoms with E-state index in [0.29, 0.717) is 4.90 Å². The molecule has 4 heteroatoms. The van der Waals surface area contributed by atoms with Crippen molar-refractivity contribution < 1.29 is 4.39 Å². The van der Waals surface area contributed by atoms with E-state index in [2.05, 4.69) is 0 Å². The van der Waals surface area contributed by atoms with Gasteiger partial charge in [0.2, 0.25) is 0 Å². The van der Waals surface area contributed by atoms with E-state index in [1.165, 1.54) is 29.2 Å². The van der Waals surface area contributed by atoms with Gasteiger partial charge in [-0.15, -0.1) is 23.1 Å². The highest BCUT2D eigenvalue weighted by molar-refractivity contribution is 7.98. The Morgan fingerprint density at radius 3 is 2.85 bits per heavy atom. The molecule has 68 valence electrons. The van der Waals surface area contributed by atoms with E-state index in [4.69, 9.17) is 5.73 Å². The second kappa shape index (κ2) is 3.20. The topological polar surface area (TPSA) is 26.0 Å². The molecule has 0 radical (unpaired) electrons. The number of nitrogens with two attached hydrogens (primary N) is 1. The number of rotatable bonds is 1. The summed E-state index contributed by atoms with van der Waals surface area (Å²) in [5.41, 5.74) is 5.62. The lowest BCUT2D eigenvalue weighted by Gasteiger charge is -1.97. The number of nitrogen functional groups attached to an aromatic ring is 1. The average molecular weight is 213 g/mol. The predicted octanol–water partition coefficient (Wildman–Crippen LogP) is 3.34. The second-order valence-corrected chi connectivity index (χ2v) is 4.64. The highest BCUT2D eigenvalue weighted by Gasteiger charge is 2.05. The summed E-state index contributed by atoms with van der Waals surface area (Å²) in [7, 11) is 0. The fourth-order valence-corrected chi connectivity index (χ4v) is 2.63. The molecule has 2 aromatic rings. The smallest absolute Gasteiger partial charge is 0.137 e. The van der Waals surface area contributed by atoms with Crippen LogP contribution in [-0.2, 0) is 0 Å². The molecule has 0 unspecified atom stereocenters. The first-order valence-electron chi connectivity index (χ1n) is 3.73. The van der Waals surface area contributed by atoms with Crippen LogP contribution >= 0.6 is 23.1 Å². The van der Waals surface area contributed by atoms with Gasteiger partial charge in [-0.2, -0.15) is 0 Å². The fraction of sp³-hybridized carbons (Fsp3) is 0.111. The Balaban J connectivity index is 2.72. The van der Waals surface area contributed by atoms with Gasteiger partial charge in [0.15, 0.2) is 0 Å². The van der Waals surface area contributed by atoms with Gasteiger partial charge in [0.1, 0.15) is 5.82 Å². The number of thiophene rings is 1. The van der Waals surface area contributed by atoms with Gasteiger partial charge in [-0.25, -0.2) is 4.39 Å². The molecule has 0 bridgehead atoms. The molecule has 0 saturated carbocycles. The zero-order chi connectivity index (χ0) is 9.42. The second-order valence-electron chi connectivity index (χ2n) is 2.67. The Hall–Kier alpha value is -0.740. The summed E-state index contributed by atoms with van der Waals surface area (Å²) < 4.78 is 14.3. The molecule has 0 aliphatic carbocycles. The first-order valence-corrected chi connectivity index (χ1v) is 5.77. The van der Waals surface area contributed by atoms with E-state index in [1.54, 1.807) is 6.07 Å². The van der Waals surface area contributed by atoms with Crippen LogP contribution in [0.2, 0.25) is 0 Å². The van der Waals surface area contributed by atoms with E-state index in [1.807, 2.05) is 12.3 Å². The van der Waals surface area contributed by atoms with Crippen LogP contribution in [0.3, 0.4) is 0 Å². The average Bonchev–Trinajstić information content (AvgIpc) is 2.42. The monoisotopic (exact) mass is 213 g/mol. The minimum absolute atomic E-state index is 0.169. The maximum absolute atomic E-state index is 13.3. The van der Waals surface area contributed by atoms with Crippen molar-refractivity contribution in [2.75, 3.05) is 12.0 Å². The van der Waals surface area contributed by atoms with Crippen LogP contribution in [0, 0.1) is 5.82 Å². The SMILES string of the molecule is CSc1cc2sc(N)cc2cc1F. The minimum atomic E-state index is -0.169. The van der Waals surface area contributed by atoms with Crippen molar-refractivity contribution in [3.05, 3.63) is 24.0 Å². The van der Waals surface area contributed by atoms with Crippen molar-refractivity contribution in [2.24, 2.45) is 0 Å². The molecule has 2 N–H and O–H groups in total. The van der Waals surface area contributed by atoms with Gasteiger partial charge in [-0.3, -0.25) is 0 Å². The summed E-state index contributed by atoms with van der Waals surface area (Å²) in [5, 5.41) is 1.62. The zero-order valence-corrected chi connectivity index (χ0v) is 8.64. The van der Waals surface area contributed by atoms with E-state index >= 15 is 0 Å². The van der Waals surface area contributed by atoms with Gasteiger partial charge in [0.05, 0.1) is 5.00 Å². The molecular weight excluding hydrogens is 205 g/mol. The summed E-state index contributed by atoms with van der Waals surface area (Å²) >= 11 is 2.90. The van der Waals surface area contributed by atoms with Gasteiger partial charge in [0, 0.05) is 9.60 Å². The van der Waals surface area contributed by atoms with Crippen LogP contribution < -0.4 is 5.73 Å². The molecule has 1 aromatic heterocycles. The molecule has 1 aromatic carbocycles. The van der Waals surface area contributed by atoms with Gasteiger partial charge in [0.25, 0.3) is 0 Å². The number of halogens is 1. The highest BCUT2D eigenvalue weighted by atomic mass is 32.2. The van der Waals surface area contributed by atoms with Crippen molar-refractivity contribution in [3.8, 4) is 0 Å². The normalized spacial score (nSPS) is 10.9. The quantitative estimate of drug-likeness (QED) is 0.735. The summed E-state index contributed by atoms with van der Waals surface area (Å²) in [6.45, 7) is 0. The summed E-state index contributed by atoms with van der Waals surface area (Å²) in [5.74, 6) is -0.169. The van der Waals surface area contributed by atoms with E-state index in [-0.39, 0.29) is 5.82 Å². The third-order valence-electron chi connectivity index (χ3n) is 1.81. The van der Waals surface area contributed by atoms with Gasteiger partial charge < -0.3 is 5.73 Å². The number of anilines is 1. The molecule has 0 amide bonds.